The van der Waals surface area contributed by atoms with Crippen molar-refractivity contribution >= 4 is 10.8 Å². The van der Waals surface area contributed by atoms with Gasteiger partial charge in [-0.25, -0.2) is 0 Å². The molecule has 0 fully saturated rings. The van der Waals surface area contributed by atoms with E-state index in [0.717, 1.165) is 16.7 Å². The van der Waals surface area contributed by atoms with Crippen LogP contribution >= 0.6 is 0 Å². The number of rotatable bonds is 6. The minimum absolute atomic E-state index is 0.0926. The smallest absolute Gasteiger partial charge is 0.387 e. The molecular formula is C16H16F2O2S. The van der Waals surface area contributed by atoms with Gasteiger partial charge in [0.1, 0.15) is 5.75 Å². The molecule has 0 saturated heterocycles. The third kappa shape index (κ3) is 5.27. The lowest BCUT2D eigenvalue weighted by atomic mass is 10.2. The van der Waals surface area contributed by atoms with E-state index in [2.05, 4.69) is 4.74 Å². The Morgan fingerprint density at radius 1 is 1.05 bits per heavy atom. The molecule has 2 aromatic rings. The summed E-state index contributed by atoms with van der Waals surface area (Å²) in [6, 6.07) is 14.2. The standard InChI is InChI=1S/C16H16F2O2S/c1-12-4-2-5-13(8-12)10-21(19)11-14-6-3-7-15(9-14)20-16(17)18/h2-9,16H,10-11H2,1H3. The predicted molar refractivity (Wildman–Crippen MR) is 79.8 cm³/mol. The van der Waals surface area contributed by atoms with Crippen LogP contribution in [0.3, 0.4) is 0 Å². The summed E-state index contributed by atoms with van der Waals surface area (Å²) >= 11 is 0. The fourth-order valence-electron chi connectivity index (χ4n) is 2.04. The SMILES string of the molecule is Cc1cccc(CS(=O)Cc2cccc(OC(F)F)c2)c1. The molecule has 1 unspecified atom stereocenters. The van der Waals surface area contributed by atoms with Gasteiger partial charge in [-0.1, -0.05) is 42.0 Å². The topological polar surface area (TPSA) is 26.3 Å². The number of ether oxygens (including phenoxy) is 1. The second-order valence-corrected chi connectivity index (χ2v) is 6.20. The summed E-state index contributed by atoms with van der Waals surface area (Å²) < 4.78 is 40.8. The molecule has 112 valence electrons. The fourth-order valence-corrected chi connectivity index (χ4v) is 3.24. The zero-order chi connectivity index (χ0) is 15.2. The maximum atomic E-state index is 12.2. The molecule has 0 aliphatic rings. The van der Waals surface area contributed by atoms with Gasteiger partial charge in [0.2, 0.25) is 0 Å². The van der Waals surface area contributed by atoms with Crippen molar-refractivity contribution in [3.05, 3.63) is 65.2 Å². The van der Waals surface area contributed by atoms with E-state index in [0.29, 0.717) is 11.5 Å². The lowest BCUT2D eigenvalue weighted by Crippen LogP contribution is -2.03. The van der Waals surface area contributed by atoms with Crippen molar-refractivity contribution in [3.8, 4) is 5.75 Å². The van der Waals surface area contributed by atoms with E-state index < -0.39 is 17.4 Å². The van der Waals surface area contributed by atoms with E-state index in [1.165, 1.54) is 12.1 Å². The first-order valence-corrected chi connectivity index (χ1v) is 7.96. The Bertz CT molecular complexity index is 629. The first kappa shape index (κ1) is 15.6. The molecule has 0 spiro atoms. The maximum Gasteiger partial charge on any atom is 0.387 e. The second kappa shape index (κ2) is 7.31. The van der Waals surface area contributed by atoms with Crippen molar-refractivity contribution in [3.63, 3.8) is 0 Å². The molecule has 0 radical (unpaired) electrons. The predicted octanol–water partition coefficient (Wildman–Crippen LogP) is 4.05. The molecule has 21 heavy (non-hydrogen) atoms. The molecule has 0 saturated carbocycles. The number of hydrogen-bond donors (Lipinski definition) is 0. The largest absolute Gasteiger partial charge is 0.435 e. The van der Waals surface area contributed by atoms with Gasteiger partial charge in [-0.15, -0.1) is 0 Å². The lowest BCUT2D eigenvalue weighted by Gasteiger charge is -2.07. The van der Waals surface area contributed by atoms with Crippen LogP contribution in [0.2, 0.25) is 0 Å². The Balaban J connectivity index is 1.99. The minimum atomic E-state index is -2.85. The Morgan fingerprint density at radius 2 is 1.67 bits per heavy atom. The molecule has 2 rings (SSSR count). The molecule has 0 aromatic heterocycles. The summed E-state index contributed by atoms with van der Waals surface area (Å²) in [4.78, 5) is 0. The van der Waals surface area contributed by atoms with Crippen LogP contribution in [0.25, 0.3) is 0 Å². The van der Waals surface area contributed by atoms with Crippen LogP contribution < -0.4 is 4.74 Å². The fraction of sp³-hybridized carbons (Fsp3) is 0.250. The van der Waals surface area contributed by atoms with Crippen LogP contribution in [-0.2, 0) is 22.3 Å². The first-order chi connectivity index (χ1) is 10.0. The molecule has 0 aliphatic carbocycles. The van der Waals surface area contributed by atoms with Crippen molar-refractivity contribution in [1.82, 2.24) is 0 Å². The molecular weight excluding hydrogens is 294 g/mol. The van der Waals surface area contributed by atoms with Gasteiger partial charge < -0.3 is 4.74 Å². The quantitative estimate of drug-likeness (QED) is 0.805. The molecule has 2 aromatic carbocycles. The van der Waals surface area contributed by atoms with Gasteiger partial charge in [-0.05, 0) is 30.2 Å². The Hall–Kier alpha value is -1.75. The second-order valence-electron chi connectivity index (χ2n) is 4.74. The molecule has 0 aliphatic heterocycles. The number of hydrogen-bond acceptors (Lipinski definition) is 2. The number of alkyl halides is 2. The van der Waals surface area contributed by atoms with Gasteiger partial charge in [0.05, 0.1) is 0 Å². The van der Waals surface area contributed by atoms with Crippen molar-refractivity contribution in [2.75, 3.05) is 0 Å². The molecule has 2 nitrogen and oxygen atoms in total. The van der Waals surface area contributed by atoms with Crippen molar-refractivity contribution in [1.29, 1.82) is 0 Å². The van der Waals surface area contributed by atoms with Gasteiger partial charge in [-0.2, -0.15) is 8.78 Å². The zero-order valence-electron chi connectivity index (χ0n) is 11.6. The van der Waals surface area contributed by atoms with E-state index in [-0.39, 0.29) is 5.75 Å². The van der Waals surface area contributed by atoms with Crippen molar-refractivity contribution in [2.24, 2.45) is 0 Å². The summed E-state index contributed by atoms with van der Waals surface area (Å²) in [7, 11) is -1.09. The summed E-state index contributed by atoms with van der Waals surface area (Å²) in [6.07, 6.45) is 0. The number of aryl methyl sites for hydroxylation is 1. The lowest BCUT2D eigenvalue weighted by molar-refractivity contribution is -0.0498. The van der Waals surface area contributed by atoms with E-state index in [1.54, 1.807) is 12.1 Å². The van der Waals surface area contributed by atoms with Gasteiger partial charge in [0.25, 0.3) is 0 Å². The normalized spacial score (nSPS) is 12.4. The van der Waals surface area contributed by atoms with E-state index in [4.69, 9.17) is 0 Å². The Morgan fingerprint density at radius 3 is 2.29 bits per heavy atom. The van der Waals surface area contributed by atoms with Gasteiger partial charge in [0, 0.05) is 22.3 Å². The number of benzene rings is 2. The summed E-state index contributed by atoms with van der Waals surface area (Å²) in [6.45, 7) is -0.865. The Labute approximate surface area is 125 Å². The van der Waals surface area contributed by atoms with Crippen LogP contribution in [-0.4, -0.2) is 10.8 Å². The van der Waals surface area contributed by atoms with Crippen molar-refractivity contribution in [2.45, 2.75) is 25.0 Å². The minimum Gasteiger partial charge on any atom is -0.435 e. The van der Waals surface area contributed by atoms with Gasteiger partial charge in [-0.3, -0.25) is 4.21 Å². The van der Waals surface area contributed by atoms with Crippen LogP contribution in [0.15, 0.2) is 48.5 Å². The van der Waals surface area contributed by atoms with Crippen LogP contribution in [0.4, 0.5) is 8.78 Å². The molecule has 0 N–H and O–H groups in total. The van der Waals surface area contributed by atoms with E-state index in [9.17, 15) is 13.0 Å². The van der Waals surface area contributed by atoms with Crippen LogP contribution in [0.5, 0.6) is 5.75 Å². The highest BCUT2D eigenvalue weighted by Crippen LogP contribution is 2.18. The number of halogens is 2. The highest BCUT2D eigenvalue weighted by atomic mass is 32.2. The third-order valence-electron chi connectivity index (χ3n) is 2.86. The zero-order valence-corrected chi connectivity index (χ0v) is 12.4. The van der Waals surface area contributed by atoms with E-state index >= 15 is 0 Å². The highest BCUT2D eigenvalue weighted by Gasteiger charge is 2.07. The third-order valence-corrected chi connectivity index (χ3v) is 4.17. The molecule has 0 bridgehead atoms. The van der Waals surface area contributed by atoms with E-state index in [1.807, 2.05) is 31.2 Å². The molecule has 0 amide bonds. The van der Waals surface area contributed by atoms with Gasteiger partial charge in [0.15, 0.2) is 0 Å². The molecule has 1 atom stereocenters. The molecule has 5 heteroatoms. The average Bonchev–Trinajstić information content (AvgIpc) is 2.37. The van der Waals surface area contributed by atoms with Crippen LogP contribution in [0.1, 0.15) is 16.7 Å². The summed E-state index contributed by atoms with van der Waals surface area (Å²) in [5.74, 6) is 0.853. The van der Waals surface area contributed by atoms with Crippen molar-refractivity contribution < 1.29 is 17.7 Å². The highest BCUT2D eigenvalue weighted by molar-refractivity contribution is 7.83. The summed E-state index contributed by atoms with van der Waals surface area (Å²) in [5.41, 5.74) is 2.85. The first-order valence-electron chi connectivity index (χ1n) is 6.47. The van der Waals surface area contributed by atoms with Crippen LogP contribution in [0, 0.1) is 6.92 Å². The maximum absolute atomic E-state index is 12.2. The average molecular weight is 310 g/mol. The monoisotopic (exact) mass is 310 g/mol. The molecule has 0 heterocycles. The Kier molecular flexibility index (Phi) is 5.44. The summed E-state index contributed by atoms with van der Waals surface area (Å²) in [5, 5.41) is 0. The van der Waals surface area contributed by atoms with Gasteiger partial charge >= 0.3 is 6.61 Å².